The number of alkyl halides is 1. The lowest BCUT2D eigenvalue weighted by Gasteiger charge is -2.15. The normalized spacial score (nSPS) is 9.45. The zero-order chi connectivity index (χ0) is 16.4. The van der Waals surface area contributed by atoms with E-state index < -0.39 is 6.09 Å². The highest BCUT2D eigenvalue weighted by Gasteiger charge is 2.12. The van der Waals surface area contributed by atoms with Crippen LogP contribution in [0.1, 0.15) is 19.4 Å². The monoisotopic (exact) mass is 325 g/mol. The highest BCUT2D eigenvalue weighted by molar-refractivity contribution is 6.19. The minimum absolute atomic E-state index is 0.00706. The molecule has 0 radical (unpaired) electrons. The molecule has 0 fully saturated rings. The van der Waals surface area contributed by atoms with Crippen molar-refractivity contribution in [2.75, 3.05) is 31.0 Å². The molecule has 0 saturated heterocycles. The average Bonchev–Trinajstić information content (AvgIpc) is 2.47. The van der Waals surface area contributed by atoms with Crippen LogP contribution in [0, 0.1) is 18.8 Å². The highest BCUT2D eigenvalue weighted by Crippen LogP contribution is 2.34. The molecule has 0 unspecified atom stereocenters. The summed E-state index contributed by atoms with van der Waals surface area (Å²) in [5.74, 6) is 6.68. The number of halogens is 1. The fourth-order valence-electron chi connectivity index (χ4n) is 1.76. The second-order valence-corrected chi connectivity index (χ2v) is 4.44. The average molecular weight is 326 g/mol. The number of aryl methyl sites for hydroxylation is 1. The van der Waals surface area contributed by atoms with Gasteiger partial charge in [0.15, 0.2) is 18.1 Å². The third-order valence-electron chi connectivity index (χ3n) is 2.54. The summed E-state index contributed by atoms with van der Waals surface area (Å²) in [6, 6.07) is 3.49. The first kappa shape index (κ1) is 18.0. The Bertz CT molecular complexity index is 563. The smallest absolute Gasteiger partial charge is 0.412 e. The number of rotatable bonds is 6. The van der Waals surface area contributed by atoms with Crippen molar-refractivity contribution in [1.29, 1.82) is 0 Å². The number of nitrogens with one attached hydrogen (secondary N) is 1. The molecular weight excluding hydrogens is 306 g/mol. The van der Waals surface area contributed by atoms with Gasteiger partial charge in [-0.05, 0) is 32.4 Å². The summed E-state index contributed by atoms with van der Waals surface area (Å²) in [4.78, 5) is 11.7. The van der Waals surface area contributed by atoms with Gasteiger partial charge in [-0.3, -0.25) is 5.32 Å². The third-order valence-corrected chi connectivity index (χ3v) is 2.68. The van der Waals surface area contributed by atoms with Crippen LogP contribution in [0.5, 0.6) is 11.5 Å². The number of hydrogen-bond acceptors (Lipinski definition) is 4. The molecule has 1 aromatic rings. The molecule has 0 bridgehead atoms. The first-order chi connectivity index (χ1) is 10.6. The van der Waals surface area contributed by atoms with E-state index in [0.29, 0.717) is 30.4 Å². The predicted molar refractivity (Wildman–Crippen MR) is 87.0 cm³/mol. The second-order valence-electron chi connectivity index (χ2n) is 4.17. The van der Waals surface area contributed by atoms with Gasteiger partial charge in [0.05, 0.1) is 19.1 Å². The molecule has 120 valence electrons. The van der Waals surface area contributed by atoms with E-state index in [2.05, 4.69) is 17.2 Å². The standard InChI is InChI=1S/C16H20ClNO4/c1-4-20-14-11-13(10-12(3)15(14)21-5-2)18-16(19)22-9-7-6-8-17/h10-11H,4-5,8-9H2,1-3H3,(H,18,19). The van der Waals surface area contributed by atoms with E-state index in [-0.39, 0.29) is 12.5 Å². The Kier molecular flexibility index (Phi) is 8.01. The van der Waals surface area contributed by atoms with Crippen molar-refractivity contribution in [1.82, 2.24) is 0 Å². The van der Waals surface area contributed by atoms with Crippen LogP contribution in [0.15, 0.2) is 12.1 Å². The van der Waals surface area contributed by atoms with Gasteiger partial charge in [-0.1, -0.05) is 11.8 Å². The summed E-state index contributed by atoms with van der Waals surface area (Å²) >= 11 is 5.40. The summed E-state index contributed by atoms with van der Waals surface area (Å²) in [6.07, 6.45) is -0.588. The van der Waals surface area contributed by atoms with Gasteiger partial charge in [0.25, 0.3) is 0 Å². The van der Waals surface area contributed by atoms with Crippen LogP contribution < -0.4 is 14.8 Å². The quantitative estimate of drug-likeness (QED) is 0.641. The molecular formula is C16H20ClNO4. The second kappa shape index (κ2) is 9.80. The van der Waals surface area contributed by atoms with E-state index in [9.17, 15) is 4.79 Å². The van der Waals surface area contributed by atoms with Crippen LogP contribution in [0.25, 0.3) is 0 Å². The van der Waals surface area contributed by atoms with Crippen molar-refractivity contribution in [3.05, 3.63) is 17.7 Å². The Morgan fingerprint density at radius 2 is 1.95 bits per heavy atom. The summed E-state index contributed by atoms with van der Waals surface area (Å²) in [5.41, 5.74) is 1.43. The highest BCUT2D eigenvalue weighted by atomic mass is 35.5. The van der Waals surface area contributed by atoms with Crippen LogP contribution >= 0.6 is 11.6 Å². The van der Waals surface area contributed by atoms with E-state index in [4.69, 9.17) is 25.8 Å². The van der Waals surface area contributed by atoms with Crippen molar-refractivity contribution in [2.24, 2.45) is 0 Å². The zero-order valence-electron chi connectivity index (χ0n) is 13.0. The van der Waals surface area contributed by atoms with Gasteiger partial charge >= 0.3 is 6.09 Å². The van der Waals surface area contributed by atoms with E-state index in [1.807, 2.05) is 20.8 Å². The molecule has 1 rings (SSSR count). The zero-order valence-corrected chi connectivity index (χ0v) is 13.8. The molecule has 0 aliphatic carbocycles. The lowest BCUT2D eigenvalue weighted by molar-refractivity contribution is 0.176. The van der Waals surface area contributed by atoms with Crippen molar-refractivity contribution in [3.8, 4) is 23.3 Å². The number of ether oxygens (including phenoxy) is 3. The third kappa shape index (κ3) is 5.74. The van der Waals surface area contributed by atoms with Crippen LogP contribution in [0.3, 0.4) is 0 Å². The Balaban J connectivity index is 2.80. The van der Waals surface area contributed by atoms with Crippen molar-refractivity contribution < 1.29 is 19.0 Å². The molecule has 0 heterocycles. The van der Waals surface area contributed by atoms with Crippen molar-refractivity contribution in [3.63, 3.8) is 0 Å². The molecule has 0 saturated carbocycles. The number of carbonyl (C=O) groups is 1. The maximum atomic E-state index is 11.7. The molecule has 0 aliphatic heterocycles. The minimum atomic E-state index is -0.588. The van der Waals surface area contributed by atoms with E-state index in [1.165, 1.54) is 0 Å². The van der Waals surface area contributed by atoms with Crippen LogP contribution in [-0.2, 0) is 4.74 Å². The van der Waals surface area contributed by atoms with E-state index in [0.717, 1.165) is 5.56 Å². The van der Waals surface area contributed by atoms with Crippen LogP contribution in [0.2, 0.25) is 0 Å². The van der Waals surface area contributed by atoms with Crippen molar-refractivity contribution >= 4 is 23.4 Å². The van der Waals surface area contributed by atoms with Gasteiger partial charge < -0.3 is 14.2 Å². The summed E-state index contributed by atoms with van der Waals surface area (Å²) in [7, 11) is 0. The summed E-state index contributed by atoms with van der Waals surface area (Å²) in [5, 5.41) is 2.63. The molecule has 0 spiro atoms. The number of benzene rings is 1. The SMILES string of the molecule is CCOc1cc(NC(=O)OCC#CCCl)cc(C)c1OCC. The molecule has 5 nitrogen and oxygen atoms in total. The first-order valence-electron chi connectivity index (χ1n) is 6.98. The molecule has 0 atom stereocenters. The Morgan fingerprint density at radius 1 is 1.23 bits per heavy atom. The lowest BCUT2D eigenvalue weighted by atomic mass is 10.2. The molecule has 1 aromatic carbocycles. The van der Waals surface area contributed by atoms with E-state index in [1.54, 1.807) is 12.1 Å². The number of anilines is 1. The fourth-order valence-corrected chi connectivity index (χ4v) is 1.85. The molecule has 1 N–H and O–H groups in total. The first-order valence-corrected chi connectivity index (χ1v) is 7.51. The van der Waals surface area contributed by atoms with Gasteiger partial charge in [-0.25, -0.2) is 4.79 Å². The Labute approximate surface area is 135 Å². The molecule has 6 heteroatoms. The maximum Gasteiger partial charge on any atom is 0.412 e. The molecule has 0 aromatic heterocycles. The maximum absolute atomic E-state index is 11.7. The fraction of sp³-hybridized carbons (Fsp3) is 0.438. The Morgan fingerprint density at radius 3 is 2.59 bits per heavy atom. The summed E-state index contributed by atoms with van der Waals surface area (Å²) in [6.45, 7) is 6.70. The van der Waals surface area contributed by atoms with Gasteiger partial charge in [-0.15, -0.1) is 11.6 Å². The van der Waals surface area contributed by atoms with Crippen molar-refractivity contribution in [2.45, 2.75) is 20.8 Å². The Hall–Kier alpha value is -2.06. The number of hydrogen-bond donors (Lipinski definition) is 1. The summed E-state index contributed by atoms with van der Waals surface area (Å²) < 4.78 is 16.0. The topological polar surface area (TPSA) is 56.8 Å². The van der Waals surface area contributed by atoms with Crippen LogP contribution in [0.4, 0.5) is 10.5 Å². The predicted octanol–water partition coefficient (Wildman–Crippen LogP) is 3.58. The molecule has 0 aliphatic rings. The van der Waals surface area contributed by atoms with Crippen LogP contribution in [-0.4, -0.2) is 31.8 Å². The van der Waals surface area contributed by atoms with E-state index >= 15 is 0 Å². The number of carbonyl (C=O) groups excluding carboxylic acids is 1. The largest absolute Gasteiger partial charge is 0.490 e. The molecule has 22 heavy (non-hydrogen) atoms. The van der Waals surface area contributed by atoms with Gasteiger partial charge in [0.1, 0.15) is 0 Å². The van der Waals surface area contributed by atoms with Gasteiger partial charge in [0.2, 0.25) is 0 Å². The minimum Gasteiger partial charge on any atom is -0.490 e. The lowest BCUT2D eigenvalue weighted by Crippen LogP contribution is -2.14. The number of amides is 1. The molecule has 1 amide bonds. The van der Waals surface area contributed by atoms with Gasteiger partial charge in [-0.2, -0.15) is 0 Å². The van der Waals surface area contributed by atoms with Gasteiger partial charge in [0, 0.05) is 11.8 Å².